The minimum Gasteiger partial charge on any atom is -0.276 e. The number of rotatable bonds is 0. The van der Waals surface area contributed by atoms with Crippen LogP contribution < -0.4 is 11.3 Å². The van der Waals surface area contributed by atoms with Crippen molar-refractivity contribution in [2.75, 3.05) is 14.4 Å². The summed E-state index contributed by atoms with van der Waals surface area (Å²) < 4.78 is 4.73. The molecule has 2 heterocycles. The molecular formula is C13H29I3N6. The Balaban J connectivity index is -0.0000000992. The van der Waals surface area contributed by atoms with Crippen molar-refractivity contribution in [3.8, 4) is 0 Å². The van der Waals surface area contributed by atoms with Crippen LogP contribution in [0.5, 0.6) is 0 Å². The molecule has 2 aromatic rings. The van der Waals surface area contributed by atoms with Gasteiger partial charge in [-0.15, -0.1) is 0 Å². The van der Waals surface area contributed by atoms with Gasteiger partial charge in [0, 0.05) is 32.7 Å². The Morgan fingerprint density at radius 2 is 1.64 bits per heavy atom. The normalized spacial score (nSPS) is 7.32. The van der Waals surface area contributed by atoms with Gasteiger partial charge in [-0.25, -0.2) is 0 Å². The molecule has 132 valence electrons. The predicted molar refractivity (Wildman–Crippen MR) is 124 cm³/mol. The summed E-state index contributed by atoms with van der Waals surface area (Å²) in [6.07, 6.45) is 7.44. The minimum absolute atomic E-state index is 0. The molecule has 3 N–H and O–H groups in total. The van der Waals surface area contributed by atoms with Gasteiger partial charge in [0.25, 0.3) is 0 Å². The van der Waals surface area contributed by atoms with E-state index in [-0.39, 0.29) is 7.43 Å². The van der Waals surface area contributed by atoms with Crippen molar-refractivity contribution in [2.24, 2.45) is 19.9 Å². The van der Waals surface area contributed by atoms with Crippen molar-refractivity contribution in [3.05, 3.63) is 36.4 Å². The van der Waals surface area contributed by atoms with Gasteiger partial charge in [-0.2, -0.15) is 10.2 Å². The number of alkyl halides is 3. The highest BCUT2D eigenvalue weighted by molar-refractivity contribution is 14.2. The average Bonchev–Trinajstić information content (AvgIpc) is 3.06. The van der Waals surface area contributed by atoms with Crippen LogP contribution in [0.1, 0.15) is 13.0 Å². The Hall–Kier alpha value is 0.530. The van der Waals surface area contributed by atoms with Gasteiger partial charge in [0.2, 0.25) is 0 Å². The first-order valence-electron chi connectivity index (χ1n) is 5.77. The molecule has 0 unspecified atom stereocenters. The maximum Gasteiger partial charge on any atom is 0.0518 e. The molecule has 0 fully saturated rings. The van der Waals surface area contributed by atoms with E-state index in [0.29, 0.717) is 0 Å². The number of aryl methyl sites for hydroxylation is 3. The lowest BCUT2D eigenvalue weighted by Gasteiger charge is -1.78. The summed E-state index contributed by atoms with van der Waals surface area (Å²) in [6, 6.07) is 1.89. The van der Waals surface area contributed by atoms with E-state index in [4.69, 9.17) is 0 Å². The number of nitrogens with one attached hydrogen (secondary N) is 1. The third-order valence-electron chi connectivity index (χ3n) is 1.47. The SMILES string of the molecule is C.CI.CNN.Cc1cnn(C)c1.Cn1cccn1.ICI. The molecule has 0 saturated heterocycles. The number of halogens is 3. The van der Waals surface area contributed by atoms with E-state index >= 15 is 0 Å². The lowest BCUT2D eigenvalue weighted by molar-refractivity contribution is 0.767. The summed E-state index contributed by atoms with van der Waals surface area (Å²) in [7, 11) is 5.45. The first kappa shape index (κ1) is 30.4. The van der Waals surface area contributed by atoms with Crippen LogP contribution in [0.2, 0.25) is 0 Å². The maximum atomic E-state index is 4.60. The Morgan fingerprint density at radius 3 is 1.73 bits per heavy atom. The van der Waals surface area contributed by atoms with Crippen molar-refractivity contribution in [2.45, 2.75) is 14.4 Å². The number of hydrazine groups is 1. The van der Waals surface area contributed by atoms with Crippen LogP contribution in [-0.2, 0) is 14.1 Å². The fraction of sp³-hybridized carbons (Fsp3) is 0.538. The fourth-order valence-electron chi connectivity index (χ4n) is 0.889. The third kappa shape index (κ3) is 28.7. The molecule has 0 aromatic carbocycles. The minimum atomic E-state index is 0. The van der Waals surface area contributed by atoms with E-state index in [1.54, 1.807) is 22.6 Å². The molecule has 0 aliphatic rings. The molecule has 6 nitrogen and oxygen atoms in total. The number of hydrogen-bond acceptors (Lipinski definition) is 4. The molecule has 2 aromatic heterocycles. The van der Waals surface area contributed by atoms with E-state index in [0.717, 1.165) is 0 Å². The first-order valence-corrected chi connectivity index (χ1v) is 11.0. The second-order valence-corrected chi connectivity index (χ2v) is 7.71. The molecule has 0 bridgehead atoms. The average molecular weight is 650 g/mol. The molecule has 0 atom stereocenters. The van der Waals surface area contributed by atoms with Gasteiger partial charge >= 0.3 is 0 Å². The van der Waals surface area contributed by atoms with Gasteiger partial charge in [0.1, 0.15) is 0 Å². The molecule has 0 aliphatic carbocycles. The van der Waals surface area contributed by atoms with Gasteiger partial charge in [-0.3, -0.25) is 20.6 Å². The van der Waals surface area contributed by atoms with Gasteiger partial charge < -0.3 is 0 Å². The van der Waals surface area contributed by atoms with Crippen molar-refractivity contribution < 1.29 is 0 Å². The van der Waals surface area contributed by atoms with Crippen LogP contribution in [0.3, 0.4) is 0 Å². The van der Waals surface area contributed by atoms with E-state index in [2.05, 4.69) is 89.2 Å². The number of hydrogen-bond donors (Lipinski definition) is 2. The van der Waals surface area contributed by atoms with Crippen molar-refractivity contribution in [1.29, 1.82) is 0 Å². The van der Waals surface area contributed by atoms with Crippen molar-refractivity contribution in [1.82, 2.24) is 25.0 Å². The number of aromatic nitrogens is 4. The second kappa shape index (κ2) is 26.4. The van der Waals surface area contributed by atoms with E-state index in [1.165, 1.54) is 8.00 Å². The predicted octanol–water partition coefficient (Wildman–Crippen LogP) is 3.73. The highest BCUT2D eigenvalue weighted by Crippen LogP contribution is 1.88. The molecule has 0 saturated carbocycles. The summed E-state index contributed by atoms with van der Waals surface area (Å²) in [5.41, 5.74) is 3.46. The zero-order chi connectivity index (χ0) is 17.1. The summed E-state index contributed by atoms with van der Waals surface area (Å²) >= 11 is 6.70. The zero-order valence-electron chi connectivity index (χ0n) is 13.1. The second-order valence-electron chi connectivity index (χ2n) is 3.26. The van der Waals surface area contributed by atoms with Gasteiger partial charge in [0.05, 0.1) is 8.63 Å². The molecule has 0 aliphatic heterocycles. The lowest BCUT2D eigenvalue weighted by Crippen LogP contribution is -2.13. The number of nitrogens with two attached hydrogens (primary N) is 1. The molecule has 0 radical (unpaired) electrons. The molecule has 0 amide bonds. The van der Waals surface area contributed by atoms with E-state index < -0.39 is 0 Å². The Bertz CT molecular complexity index is 360. The summed E-state index contributed by atoms with van der Waals surface area (Å²) in [5, 5.41) is 7.77. The largest absolute Gasteiger partial charge is 0.276 e. The topological polar surface area (TPSA) is 73.7 Å². The Morgan fingerprint density at radius 1 is 1.18 bits per heavy atom. The van der Waals surface area contributed by atoms with Crippen molar-refractivity contribution >= 4 is 67.8 Å². The standard InChI is InChI=1S/C5H8N2.C4H6N2.CH2I2.CH3I.CH6N2.CH4/c1-5-3-6-7(2)4-5;1-6-4-2-3-5-6;2-1-3;1-2;1-3-2;/h3-4H,1-2H3;2-4H,1H3;1H2;1H3;3H,2H2,1H3;1H4. The highest BCUT2D eigenvalue weighted by Gasteiger charge is 1.81. The van der Waals surface area contributed by atoms with Crippen LogP contribution in [0, 0.1) is 6.92 Å². The lowest BCUT2D eigenvalue weighted by atomic mass is 10.4. The highest BCUT2D eigenvalue weighted by atomic mass is 127. The maximum absolute atomic E-state index is 4.60. The molecule has 2 rings (SSSR count). The fourth-order valence-corrected chi connectivity index (χ4v) is 0.889. The van der Waals surface area contributed by atoms with Gasteiger partial charge in [0.15, 0.2) is 0 Å². The Labute approximate surface area is 176 Å². The number of nitrogens with zero attached hydrogens (tertiary/aromatic N) is 4. The van der Waals surface area contributed by atoms with Gasteiger partial charge in [-0.05, 0) is 30.5 Å². The molecule has 0 spiro atoms. The van der Waals surface area contributed by atoms with Crippen LogP contribution in [0.4, 0.5) is 0 Å². The van der Waals surface area contributed by atoms with Crippen molar-refractivity contribution in [3.63, 3.8) is 0 Å². The quantitative estimate of drug-likeness (QED) is 0.198. The Kier molecular flexibility index (Phi) is 36.5. The summed E-state index contributed by atoms with van der Waals surface area (Å²) in [4.78, 5) is 1.97. The molecule has 9 heteroatoms. The third-order valence-corrected chi connectivity index (χ3v) is 1.47. The summed E-state index contributed by atoms with van der Waals surface area (Å²) in [6.45, 7) is 2.02. The molecule has 22 heavy (non-hydrogen) atoms. The van der Waals surface area contributed by atoms with Gasteiger partial charge in [-0.1, -0.05) is 75.2 Å². The summed E-state index contributed by atoms with van der Waals surface area (Å²) in [5.74, 6) is 4.60. The van der Waals surface area contributed by atoms with Crippen LogP contribution >= 0.6 is 67.8 Å². The van der Waals surface area contributed by atoms with Crippen LogP contribution in [0.15, 0.2) is 30.9 Å². The monoisotopic (exact) mass is 650 g/mol. The van der Waals surface area contributed by atoms with E-state index in [9.17, 15) is 0 Å². The van der Waals surface area contributed by atoms with E-state index in [1.807, 2.05) is 50.6 Å². The first-order chi connectivity index (χ1) is 10.0. The van der Waals surface area contributed by atoms with Crippen LogP contribution in [0.25, 0.3) is 0 Å². The van der Waals surface area contributed by atoms with Crippen LogP contribution in [-0.4, -0.2) is 34.0 Å². The zero-order valence-corrected chi connectivity index (χ0v) is 19.6. The smallest absolute Gasteiger partial charge is 0.0518 e. The molecular weight excluding hydrogens is 621 g/mol.